The number of carbonyl (C=O) groups excluding carboxylic acids is 3. The summed E-state index contributed by atoms with van der Waals surface area (Å²) in [7, 11) is 1.59. The van der Waals surface area contributed by atoms with Crippen molar-refractivity contribution in [2.24, 2.45) is 17.8 Å². The van der Waals surface area contributed by atoms with Crippen molar-refractivity contribution in [1.29, 1.82) is 0 Å². The van der Waals surface area contributed by atoms with Crippen LogP contribution in [0.1, 0.15) is 18.9 Å². The molecule has 3 heterocycles. The zero-order valence-corrected chi connectivity index (χ0v) is 17.4. The average Bonchev–Trinajstić information content (AvgIpc) is 3.31. The number of aliphatic hydroxyl groups is 1. The molecule has 7 nitrogen and oxygen atoms in total. The fraction of sp³-hybridized carbons (Fsp3) is 0.571. The number of benzene rings is 1. The fourth-order valence-corrected chi connectivity index (χ4v) is 7.94. The molecule has 156 valence electrons. The summed E-state index contributed by atoms with van der Waals surface area (Å²) in [5, 5.41) is 15.3. The topological polar surface area (TPSA) is 98.7 Å². The van der Waals surface area contributed by atoms with Gasteiger partial charge in [-0.3, -0.25) is 14.4 Å². The third kappa shape index (κ3) is 2.95. The molecule has 1 spiro atoms. The number of carbonyl (C=O) groups is 3. The lowest BCUT2D eigenvalue weighted by molar-refractivity contribution is -0.140. The molecule has 0 aromatic heterocycles. The van der Waals surface area contributed by atoms with Crippen molar-refractivity contribution in [3.05, 3.63) is 35.9 Å². The number of amides is 3. The van der Waals surface area contributed by atoms with E-state index in [1.165, 1.54) is 4.90 Å². The minimum absolute atomic E-state index is 0.0413. The van der Waals surface area contributed by atoms with Gasteiger partial charge in [0.05, 0.1) is 23.2 Å². The van der Waals surface area contributed by atoms with E-state index in [9.17, 15) is 19.5 Å². The number of likely N-dealkylation sites (tertiary alicyclic amines) is 1. The third-order valence-electron chi connectivity index (χ3n) is 6.69. The zero-order chi connectivity index (χ0) is 20.8. The normalized spacial score (nSPS) is 34.9. The first kappa shape index (κ1) is 20.2. The van der Waals surface area contributed by atoms with Crippen LogP contribution in [0.2, 0.25) is 0 Å². The number of β-amino-alcohol motifs (C(OH)–C–C–N with tert-alkyl or cyclic N) is 1. The highest BCUT2D eigenvalue weighted by Crippen LogP contribution is 2.68. The van der Waals surface area contributed by atoms with Crippen molar-refractivity contribution < 1.29 is 19.5 Å². The minimum Gasteiger partial charge on any atom is -0.395 e. The molecule has 8 heteroatoms. The Balaban J connectivity index is 1.66. The van der Waals surface area contributed by atoms with Crippen LogP contribution in [0, 0.1) is 17.8 Å². The van der Waals surface area contributed by atoms with E-state index in [2.05, 4.69) is 17.6 Å². The summed E-state index contributed by atoms with van der Waals surface area (Å²) in [5.41, 5.74) is 0.979. The number of hydrogen-bond acceptors (Lipinski definition) is 5. The van der Waals surface area contributed by atoms with Gasteiger partial charge in [0, 0.05) is 25.4 Å². The van der Waals surface area contributed by atoms with Gasteiger partial charge in [-0.1, -0.05) is 37.3 Å². The second-order valence-corrected chi connectivity index (χ2v) is 9.67. The molecule has 0 aliphatic carbocycles. The van der Waals surface area contributed by atoms with Gasteiger partial charge in [-0.2, -0.15) is 0 Å². The lowest BCUT2D eigenvalue weighted by atomic mass is 9.66. The van der Waals surface area contributed by atoms with Crippen LogP contribution in [0.25, 0.3) is 0 Å². The molecule has 2 bridgehead atoms. The van der Waals surface area contributed by atoms with Crippen molar-refractivity contribution in [3.63, 3.8) is 0 Å². The van der Waals surface area contributed by atoms with Gasteiger partial charge in [0.15, 0.2) is 0 Å². The summed E-state index contributed by atoms with van der Waals surface area (Å²) < 4.78 is -0.630. The van der Waals surface area contributed by atoms with Crippen molar-refractivity contribution >= 4 is 29.5 Å². The van der Waals surface area contributed by atoms with Gasteiger partial charge in [-0.25, -0.2) is 0 Å². The second-order valence-electron chi connectivity index (χ2n) is 8.13. The first-order valence-electron chi connectivity index (χ1n) is 10.1. The standard InChI is InChI=1S/C21H27N3O4S/c1-12-10-14-15(18(26)22-2)16-20(28)24(8-9-25)17(21(12,16)29-14)19(27)23-11-13-6-4-3-5-7-13/h3-7,12,14-17,25H,8-11H2,1-2H3,(H,22,26)(H,23,27)/t12?,14-,15+,16+,17?,21?/m1/s1. The summed E-state index contributed by atoms with van der Waals surface area (Å²) in [6, 6.07) is 8.94. The Labute approximate surface area is 174 Å². The summed E-state index contributed by atoms with van der Waals surface area (Å²) >= 11 is 1.64. The van der Waals surface area contributed by atoms with E-state index in [4.69, 9.17) is 0 Å². The average molecular weight is 418 g/mol. The molecule has 4 rings (SSSR count). The highest BCUT2D eigenvalue weighted by atomic mass is 32.2. The number of fused-ring (bicyclic) bond motifs is 1. The van der Waals surface area contributed by atoms with Gasteiger partial charge >= 0.3 is 0 Å². The van der Waals surface area contributed by atoms with Gasteiger partial charge in [-0.05, 0) is 17.9 Å². The van der Waals surface area contributed by atoms with Gasteiger partial charge in [0.1, 0.15) is 6.04 Å². The predicted molar refractivity (Wildman–Crippen MR) is 110 cm³/mol. The monoisotopic (exact) mass is 417 g/mol. The van der Waals surface area contributed by atoms with Crippen LogP contribution < -0.4 is 10.6 Å². The largest absolute Gasteiger partial charge is 0.395 e. The fourth-order valence-electron chi connectivity index (χ4n) is 5.52. The molecule has 3 unspecified atom stereocenters. The highest BCUT2D eigenvalue weighted by molar-refractivity contribution is 8.02. The summed E-state index contributed by atoms with van der Waals surface area (Å²) in [6.45, 7) is 2.33. The van der Waals surface area contributed by atoms with Crippen molar-refractivity contribution in [2.45, 2.75) is 35.9 Å². The minimum atomic E-state index is -0.685. The molecule has 1 aromatic rings. The van der Waals surface area contributed by atoms with Crippen LogP contribution >= 0.6 is 11.8 Å². The Morgan fingerprint density at radius 1 is 1.28 bits per heavy atom. The maximum absolute atomic E-state index is 13.4. The Morgan fingerprint density at radius 3 is 2.66 bits per heavy atom. The Bertz CT molecular complexity index is 819. The van der Waals surface area contributed by atoms with Crippen molar-refractivity contribution in [1.82, 2.24) is 15.5 Å². The number of hydrogen-bond donors (Lipinski definition) is 3. The van der Waals surface area contributed by atoms with Crippen LogP contribution in [0.3, 0.4) is 0 Å². The molecule has 6 atom stereocenters. The third-order valence-corrected chi connectivity index (χ3v) is 8.77. The summed E-state index contributed by atoms with van der Waals surface area (Å²) in [6.07, 6.45) is 0.808. The number of rotatable bonds is 6. The molecule has 29 heavy (non-hydrogen) atoms. The van der Waals surface area contributed by atoms with Crippen LogP contribution in [0.5, 0.6) is 0 Å². The van der Waals surface area contributed by atoms with Crippen molar-refractivity contribution in [2.75, 3.05) is 20.2 Å². The lowest BCUT2D eigenvalue weighted by Crippen LogP contribution is -2.56. The van der Waals surface area contributed by atoms with Gasteiger partial charge in [0.2, 0.25) is 17.7 Å². The first-order valence-corrected chi connectivity index (χ1v) is 11.0. The predicted octanol–water partition coefficient (Wildman–Crippen LogP) is 0.378. The van der Waals surface area contributed by atoms with Gasteiger partial charge in [-0.15, -0.1) is 11.8 Å². The molecule has 0 saturated carbocycles. The molecule has 3 fully saturated rings. The maximum Gasteiger partial charge on any atom is 0.244 e. The molecule has 3 N–H and O–H groups in total. The second kappa shape index (κ2) is 7.65. The molecular weight excluding hydrogens is 390 g/mol. The Hall–Kier alpha value is -2.06. The summed E-state index contributed by atoms with van der Waals surface area (Å²) in [5.74, 6) is -1.36. The van der Waals surface area contributed by atoms with E-state index >= 15 is 0 Å². The maximum atomic E-state index is 13.4. The van der Waals surface area contributed by atoms with E-state index in [0.717, 1.165) is 12.0 Å². The van der Waals surface area contributed by atoms with E-state index in [1.54, 1.807) is 18.8 Å². The number of nitrogens with zero attached hydrogens (tertiary/aromatic N) is 1. The van der Waals surface area contributed by atoms with Gasteiger partial charge in [0.25, 0.3) is 0 Å². The highest BCUT2D eigenvalue weighted by Gasteiger charge is 2.75. The lowest BCUT2D eigenvalue weighted by Gasteiger charge is -2.38. The van der Waals surface area contributed by atoms with Crippen LogP contribution in [-0.4, -0.2) is 64.0 Å². The Morgan fingerprint density at radius 2 is 2.00 bits per heavy atom. The molecule has 0 radical (unpaired) electrons. The molecule has 3 amide bonds. The smallest absolute Gasteiger partial charge is 0.244 e. The first-order chi connectivity index (χ1) is 14.0. The van der Waals surface area contributed by atoms with Crippen molar-refractivity contribution in [3.8, 4) is 0 Å². The molecule has 3 aliphatic heterocycles. The van der Waals surface area contributed by atoms with Crippen LogP contribution in [0.15, 0.2) is 30.3 Å². The number of nitrogens with one attached hydrogen (secondary N) is 2. The summed E-state index contributed by atoms with van der Waals surface area (Å²) in [4.78, 5) is 40.8. The molecule has 3 aliphatic rings. The van der Waals surface area contributed by atoms with E-state index in [-0.39, 0.29) is 42.0 Å². The Kier molecular flexibility index (Phi) is 5.33. The van der Waals surface area contributed by atoms with E-state index in [1.807, 2.05) is 30.3 Å². The SMILES string of the molecule is CNC(=O)[C@@H]1[C@H]2C(=O)N(CCO)C(C(=O)NCc3ccccc3)C23S[C@@H]1CC3C. The zero-order valence-electron chi connectivity index (χ0n) is 16.6. The van der Waals surface area contributed by atoms with E-state index in [0.29, 0.717) is 6.54 Å². The van der Waals surface area contributed by atoms with Crippen LogP contribution in [-0.2, 0) is 20.9 Å². The van der Waals surface area contributed by atoms with E-state index < -0.39 is 22.6 Å². The van der Waals surface area contributed by atoms with Gasteiger partial charge < -0.3 is 20.6 Å². The quantitative estimate of drug-likeness (QED) is 0.622. The molecule has 3 saturated heterocycles. The molecule has 1 aromatic carbocycles. The number of thioether (sulfide) groups is 1. The van der Waals surface area contributed by atoms with Crippen LogP contribution in [0.4, 0.5) is 0 Å². The number of aliphatic hydroxyl groups excluding tert-OH is 1. The molecular formula is C21H27N3O4S.